The molecule has 2 aliphatic rings. The second kappa shape index (κ2) is 4.37. The van der Waals surface area contributed by atoms with Crippen molar-refractivity contribution in [3.8, 4) is 0 Å². The molecule has 1 amide bonds. The van der Waals surface area contributed by atoms with E-state index in [1.54, 1.807) is 0 Å². The Labute approximate surface area is 98.7 Å². The van der Waals surface area contributed by atoms with Crippen LogP contribution in [-0.2, 0) is 9.47 Å². The molecule has 0 radical (unpaired) electrons. The Bertz CT molecular complexity index is 410. The summed E-state index contributed by atoms with van der Waals surface area (Å²) in [4.78, 5) is 11.4. The molecule has 1 aliphatic heterocycles. The van der Waals surface area contributed by atoms with Crippen LogP contribution in [0.3, 0.4) is 0 Å². The van der Waals surface area contributed by atoms with Gasteiger partial charge >= 0.3 is 6.09 Å². The molecule has 2 N–H and O–H groups in total. The van der Waals surface area contributed by atoms with Gasteiger partial charge in [0.25, 0.3) is 0 Å². The molecule has 0 aromatic carbocycles. The molecule has 0 spiro atoms. The molecule has 17 heavy (non-hydrogen) atoms. The van der Waals surface area contributed by atoms with E-state index in [9.17, 15) is 4.79 Å². The van der Waals surface area contributed by atoms with Crippen LogP contribution in [0.2, 0.25) is 0 Å². The smallest absolute Gasteiger partial charge is 0.413 e. The fourth-order valence-corrected chi connectivity index (χ4v) is 1.90. The largest absolute Gasteiger partial charge is 0.441 e. The van der Waals surface area contributed by atoms with Crippen molar-refractivity contribution in [3.63, 3.8) is 0 Å². The Hall–Kier alpha value is -1.56. The molecule has 0 bridgehead atoms. The molecule has 0 atom stereocenters. The van der Waals surface area contributed by atoms with Crippen LogP contribution in [0.15, 0.2) is 6.07 Å². The maximum absolute atomic E-state index is 11.4. The highest BCUT2D eigenvalue weighted by molar-refractivity contribution is 5.83. The number of anilines is 1. The van der Waals surface area contributed by atoms with Crippen molar-refractivity contribution >= 4 is 11.9 Å². The van der Waals surface area contributed by atoms with Crippen molar-refractivity contribution in [2.24, 2.45) is 0 Å². The van der Waals surface area contributed by atoms with E-state index in [2.05, 4.69) is 15.5 Å². The van der Waals surface area contributed by atoms with Crippen molar-refractivity contribution in [2.45, 2.75) is 31.3 Å². The van der Waals surface area contributed by atoms with Gasteiger partial charge in [0.1, 0.15) is 0 Å². The van der Waals surface area contributed by atoms with Gasteiger partial charge in [-0.05, 0) is 12.8 Å². The number of aromatic nitrogens is 2. The number of hydrogen-bond acceptors (Lipinski definition) is 4. The van der Waals surface area contributed by atoms with E-state index in [1.165, 1.54) is 19.3 Å². The highest BCUT2D eigenvalue weighted by Gasteiger charge is 2.24. The van der Waals surface area contributed by atoms with Crippen molar-refractivity contribution in [1.29, 1.82) is 0 Å². The predicted octanol–water partition coefficient (Wildman–Crippen LogP) is 1.62. The number of hydrogen-bond donors (Lipinski definition) is 2. The second-order valence-electron chi connectivity index (χ2n) is 4.53. The molecule has 1 saturated heterocycles. The molecular formula is C11H15N3O3. The third kappa shape index (κ3) is 2.26. The van der Waals surface area contributed by atoms with Gasteiger partial charge in [0, 0.05) is 17.7 Å². The van der Waals surface area contributed by atoms with Crippen LogP contribution in [0.4, 0.5) is 10.6 Å². The number of rotatable bonds is 3. The third-order valence-electron chi connectivity index (χ3n) is 3.25. The molecule has 92 valence electrons. The third-order valence-corrected chi connectivity index (χ3v) is 3.25. The first-order chi connectivity index (χ1) is 8.31. The number of nitrogens with zero attached hydrogens (tertiary/aromatic N) is 1. The molecule has 1 aliphatic carbocycles. The van der Waals surface area contributed by atoms with Crippen LogP contribution in [0.5, 0.6) is 0 Å². The zero-order valence-corrected chi connectivity index (χ0v) is 9.44. The van der Waals surface area contributed by atoms with Crippen molar-refractivity contribution < 1.29 is 14.3 Å². The molecule has 1 aromatic heterocycles. The van der Waals surface area contributed by atoms with Gasteiger partial charge in [0.15, 0.2) is 11.9 Å². The van der Waals surface area contributed by atoms with E-state index < -0.39 is 6.09 Å². The number of H-pyrrole nitrogens is 1. The van der Waals surface area contributed by atoms with E-state index >= 15 is 0 Å². The first-order valence-electron chi connectivity index (χ1n) is 5.92. The first kappa shape index (κ1) is 10.6. The molecule has 1 saturated carbocycles. The van der Waals surface area contributed by atoms with Crippen LogP contribution in [0.25, 0.3) is 0 Å². The summed E-state index contributed by atoms with van der Waals surface area (Å²) in [6.45, 7) is 0.975. The van der Waals surface area contributed by atoms with Crippen LogP contribution >= 0.6 is 0 Å². The second-order valence-corrected chi connectivity index (χ2v) is 4.53. The van der Waals surface area contributed by atoms with Gasteiger partial charge in [-0.25, -0.2) is 4.79 Å². The molecule has 1 aromatic rings. The Morgan fingerprint density at radius 1 is 1.53 bits per heavy atom. The quantitative estimate of drug-likeness (QED) is 0.837. The number of ether oxygens (including phenoxy) is 2. The lowest BCUT2D eigenvalue weighted by Crippen LogP contribution is -2.39. The minimum atomic E-state index is -0.468. The summed E-state index contributed by atoms with van der Waals surface area (Å²) in [5, 5.41) is 9.60. The molecule has 6 heteroatoms. The summed E-state index contributed by atoms with van der Waals surface area (Å²) in [6, 6.07) is 1.88. The van der Waals surface area contributed by atoms with Gasteiger partial charge in [-0.1, -0.05) is 6.42 Å². The van der Waals surface area contributed by atoms with Gasteiger partial charge in [0.05, 0.1) is 13.2 Å². The Morgan fingerprint density at radius 2 is 2.35 bits per heavy atom. The highest BCUT2D eigenvalue weighted by atomic mass is 16.6. The van der Waals surface area contributed by atoms with Gasteiger partial charge in [-0.15, -0.1) is 0 Å². The van der Waals surface area contributed by atoms with E-state index in [1.807, 2.05) is 6.07 Å². The van der Waals surface area contributed by atoms with E-state index in [0.717, 1.165) is 5.69 Å². The Balaban J connectivity index is 1.52. The van der Waals surface area contributed by atoms with Crippen molar-refractivity contribution in [1.82, 2.24) is 10.2 Å². The van der Waals surface area contributed by atoms with Gasteiger partial charge in [0.2, 0.25) is 0 Å². The summed E-state index contributed by atoms with van der Waals surface area (Å²) < 4.78 is 9.99. The Kier molecular flexibility index (Phi) is 2.72. The SMILES string of the molecule is O=C(Nc1cc(C2CCC2)[nH]n1)OC1COC1. The summed E-state index contributed by atoms with van der Waals surface area (Å²) >= 11 is 0. The standard InChI is InChI=1S/C11H15N3O3/c15-11(17-8-5-16-6-8)12-10-4-9(13-14-10)7-2-1-3-7/h4,7-8H,1-3,5-6H2,(H2,12,13,14,15). The average Bonchev–Trinajstić information content (AvgIpc) is 2.57. The summed E-state index contributed by atoms with van der Waals surface area (Å²) in [6.07, 6.45) is 3.10. The lowest BCUT2D eigenvalue weighted by atomic mass is 9.83. The molecule has 2 fully saturated rings. The molecule has 2 heterocycles. The van der Waals surface area contributed by atoms with Crippen LogP contribution in [-0.4, -0.2) is 35.6 Å². The fourth-order valence-electron chi connectivity index (χ4n) is 1.90. The first-order valence-corrected chi connectivity index (χ1v) is 5.92. The number of carbonyl (C=O) groups is 1. The summed E-state index contributed by atoms with van der Waals surface area (Å²) in [5.41, 5.74) is 1.10. The van der Waals surface area contributed by atoms with Crippen molar-refractivity contribution in [3.05, 3.63) is 11.8 Å². The van der Waals surface area contributed by atoms with Gasteiger partial charge < -0.3 is 9.47 Å². The van der Waals surface area contributed by atoms with E-state index in [4.69, 9.17) is 9.47 Å². The lowest BCUT2D eigenvalue weighted by Gasteiger charge is -2.25. The van der Waals surface area contributed by atoms with E-state index in [0.29, 0.717) is 24.9 Å². The minimum absolute atomic E-state index is 0.111. The van der Waals surface area contributed by atoms with Gasteiger partial charge in [-0.3, -0.25) is 10.4 Å². The monoisotopic (exact) mass is 237 g/mol. The highest BCUT2D eigenvalue weighted by Crippen LogP contribution is 2.35. The zero-order valence-electron chi connectivity index (χ0n) is 9.44. The van der Waals surface area contributed by atoms with E-state index in [-0.39, 0.29) is 6.10 Å². The topological polar surface area (TPSA) is 76.2 Å². The number of carbonyl (C=O) groups excluding carboxylic acids is 1. The normalized spacial score (nSPS) is 20.5. The number of nitrogens with one attached hydrogen (secondary N) is 2. The van der Waals surface area contributed by atoms with Crippen LogP contribution < -0.4 is 5.32 Å². The van der Waals surface area contributed by atoms with Crippen molar-refractivity contribution in [2.75, 3.05) is 18.5 Å². The number of aromatic amines is 1. The average molecular weight is 237 g/mol. The maximum atomic E-state index is 11.4. The predicted molar refractivity (Wildman–Crippen MR) is 59.9 cm³/mol. The fraction of sp³-hybridized carbons (Fsp3) is 0.636. The Morgan fingerprint density at radius 3 is 2.94 bits per heavy atom. The minimum Gasteiger partial charge on any atom is -0.441 e. The molecular weight excluding hydrogens is 222 g/mol. The van der Waals surface area contributed by atoms with Crippen LogP contribution in [0.1, 0.15) is 30.9 Å². The number of amides is 1. The molecule has 0 unspecified atom stereocenters. The van der Waals surface area contributed by atoms with Crippen LogP contribution in [0, 0.1) is 0 Å². The maximum Gasteiger partial charge on any atom is 0.413 e. The molecule has 3 rings (SSSR count). The van der Waals surface area contributed by atoms with Gasteiger partial charge in [-0.2, -0.15) is 5.10 Å². The zero-order chi connectivity index (χ0) is 11.7. The summed E-state index contributed by atoms with van der Waals surface area (Å²) in [7, 11) is 0. The lowest BCUT2D eigenvalue weighted by molar-refractivity contribution is -0.0951. The summed E-state index contributed by atoms with van der Waals surface area (Å²) in [5.74, 6) is 1.10. The molecule has 6 nitrogen and oxygen atoms in total.